The van der Waals surface area contributed by atoms with E-state index in [0.29, 0.717) is 23.1 Å². The number of hydrogen-bond acceptors (Lipinski definition) is 5. The lowest BCUT2D eigenvalue weighted by Gasteiger charge is -2.12. The second-order valence-corrected chi connectivity index (χ2v) is 6.70. The molecule has 0 aliphatic carbocycles. The number of phenols is 1. The summed E-state index contributed by atoms with van der Waals surface area (Å²) < 4.78 is 37.0. The second kappa shape index (κ2) is 9.78. The van der Waals surface area contributed by atoms with Crippen LogP contribution in [0.2, 0.25) is 0 Å². The number of halogens is 2. The van der Waals surface area contributed by atoms with E-state index in [1.54, 1.807) is 18.2 Å². The molecule has 2 amide bonds. The highest BCUT2D eigenvalue weighted by atomic mass is 19.1. The van der Waals surface area contributed by atoms with Crippen molar-refractivity contribution in [3.05, 3.63) is 82.9 Å². The molecular formula is C23H20F2N2O5. The molecule has 0 heterocycles. The number of aromatic hydroxyl groups is 1. The Balaban J connectivity index is 1.69. The molecule has 166 valence electrons. The van der Waals surface area contributed by atoms with Crippen LogP contribution in [0.5, 0.6) is 17.2 Å². The number of phenolic OH excluding ortho intramolecular Hbond substituents is 1. The summed E-state index contributed by atoms with van der Waals surface area (Å²) >= 11 is 0. The Morgan fingerprint density at radius 3 is 2.25 bits per heavy atom. The summed E-state index contributed by atoms with van der Waals surface area (Å²) in [7, 11) is 3.03. The van der Waals surface area contributed by atoms with Gasteiger partial charge in [-0.2, -0.15) is 0 Å². The summed E-state index contributed by atoms with van der Waals surface area (Å²) in [5.74, 6) is -2.35. The zero-order chi connectivity index (χ0) is 23.3. The summed E-state index contributed by atoms with van der Waals surface area (Å²) in [6, 6.07) is 11.4. The summed E-state index contributed by atoms with van der Waals surface area (Å²) in [5.41, 5.74) is 0.562. The van der Waals surface area contributed by atoms with Gasteiger partial charge in [0.05, 0.1) is 19.8 Å². The lowest BCUT2D eigenvalue weighted by Crippen LogP contribution is -2.23. The van der Waals surface area contributed by atoms with Crippen LogP contribution in [0.15, 0.2) is 54.6 Å². The molecule has 0 aromatic heterocycles. The first-order chi connectivity index (χ1) is 15.3. The van der Waals surface area contributed by atoms with Crippen molar-refractivity contribution < 1.29 is 33.0 Å². The highest BCUT2D eigenvalue weighted by Gasteiger charge is 2.15. The minimum absolute atomic E-state index is 0.0262. The number of anilines is 1. The summed E-state index contributed by atoms with van der Waals surface area (Å²) in [6.45, 7) is 0.113. The number of methoxy groups -OCH3 is 2. The Hall–Kier alpha value is -4.14. The molecule has 9 heteroatoms. The van der Waals surface area contributed by atoms with Gasteiger partial charge in [0.25, 0.3) is 11.8 Å². The number of benzene rings is 3. The van der Waals surface area contributed by atoms with E-state index in [2.05, 4.69) is 10.6 Å². The molecule has 3 aromatic carbocycles. The quantitative estimate of drug-likeness (QED) is 0.516. The van der Waals surface area contributed by atoms with E-state index >= 15 is 0 Å². The van der Waals surface area contributed by atoms with E-state index in [4.69, 9.17) is 9.47 Å². The van der Waals surface area contributed by atoms with E-state index in [9.17, 15) is 23.5 Å². The fourth-order valence-electron chi connectivity index (χ4n) is 2.98. The predicted molar refractivity (Wildman–Crippen MR) is 113 cm³/mol. The van der Waals surface area contributed by atoms with Crippen LogP contribution in [0.25, 0.3) is 0 Å². The van der Waals surface area contributed by atoms with Gasteiger partial charge in [0.15, 0.2) is 0 Å². The van der Waals surface area contributed by atoms with Gasteiger partial charge in [0.2, 0.25) is 0 Å². The van der Waals surface area contributed by atoms with Crippen LogP contribution < -0.4 is 20.1 Å². The SMILES string of the molecule is COc1ccc(OC)c(CNC(=O)c2ccc(NC(=O)c3cc(F)cc(F)c3)cc2O)c1. The van der Waals surface area contributed by atoms with Gasteiger partial charge >= 0.3 is 0 Å². The molecule has 0 spiro atoms. The molecule has 0 saturated heterocycles. The van der Waals surface area contributed by atoms with Crippen LogP contribution in [-0.4, -0.2) is 31.1 Å². The van der Waals surface area contributed by atoms with E-state index in [1.807, 2.05) is 0 Å². The topological polar surface area (TPSA) is 96.9 Å². The smallest absolute Gasteiger partial charge is 0.255 e. The first-order valence-electron chi connectivity index (χ1n) is 9.40. The van der Waals surface area contributed by atoms with E-state index in [1.165, 1.54) is 26.4 Å². The van der Waals surface area contributed by atoms with Gasteiger partial charge < -0.3 is 25.2 Å². The number of rotatable bonds is 7. The highest BCUT2D eigenvalue weighted by Crippen LogP contribution is 2.25. The minimum Gasteiger partial charge on any atom is -0.507 e. The van der Waals surface area contributed by atoms with Crippen LogP contribution in [0.3, 0.4) is 0 Å². The maximum absolute atomic E-state index is 13.3. The lowest BCUT2D eigenvalue weighted by atomic mass is 10.1. The van der Waals surface area contributed by atoms with Gasteiger partial charge in [-0.3, -0.25) is 9.59 Å². The highest BCUT2D eigenvalue weighted by molar-refractivity contribution is 6.05. The van der Waals surface area contributed by atoms with Gasteiger partial charge in [0.1, 0.15) is 28.9 Å². The van der Waals surface area contributed by atoms with E-state index in [-0.39, 0.29) is 29.1 Å². The first kappa shape index (κ1) is 22.5. The Morgan fingerprint density at radius 2 is 1.62 bits per heavy atom. The van der Waals surface area contributed by atoms with Crippen LogP contribution in [-0.2, 0) is 6.54 Å². The van der Waals surface area contributed by atoms with E-state index < -0.39 is 23.4 Å². The van der Waals surface area contributed by atoms with Crippen LogP contribution >= 0.6 is 0 Å². The molecule has 0 fully saturated rings. The van der Waals surface area contributed by atoms with Crippen molar-refractivity contribution >= 4 is 17.5 Å². The number of amides is 2. The molecule has 3 N–H and O–H groups in total. The van der Waals surface area contributed by atoms with Gasteiger partial charge in [-0.25, -0.2) is 8.78 Å². The van der Waals surface area contributed by atoms with Crippen molar-refractivity contribution in [2.75, 3.05) is 19.5 Å². The molecule has 0 unspecified atom stereocenters. The van der Waals surface area contributed by atoms with Crippen LogP contribution in [0.4, 0.5) is 14.5 Å². The number of ether oxygens (including phenoxy) is 2. The molecule has 3 aromatic rings. The van der Waals surface area contributed by atoms with Crippen LogP contribution in [0, 0.1) is 11.6 Å². The Morgan fingerprint density at radius 1 is 0.906 bits per heavy atom. The van der Waals surface area contributed by atoms with Crippen molar-refractivity contribution in [3.8, 4) is 17.2 Å². The van der Waals surface area contributed by atoms with Crippen molar-refractivity contribution in [2.45, 2.75) is 6.54 Å². The monoisotopic (exact) mass is 442 g/mol. The molecular weight excluding hydrogens is 422 g/mol. The summed E-state index contributed by atoms with van der Waals surface area (Å²) in [5, 5.41) is 15.3. The average molecular weight is 442 g/mol. The first-order valence-corrected chi connectivity index (χ1v) is 9.40. The third kappa shape index (κ3) is 5.31. The fourth-order valence-corrected chi connectivity index (χ4v) is 2.98. The average Bonchev–Trinajstić information content (AvgIpc) is 2.76. The van der Waals surface area contributed by atoms with Crippen molar-refractivity contribution in [3.63, 3.8) is 0 Å². The number of hydrogen-bond donors (Lipinski definition) is 3. The van der Waals surface area contributed by atoms with Gasteiger partial charge in [-0.05, 0) is 42.5 Å². The van der Waals surface area contributed by atoms with Crippen molar-refractivity contribution in [2.24, 2.45) is 0 Å². The minimum atomic E-state index is -0.891. The normalized spacial score (nSPS) is 10.4. The van der Waals surface area contributed by atoms with Crippen molar-refractivity contribution in [1.29, 1.82) is 0 Å². The summed E-state index contributed by atoms with van der Waals surface area (Å²) in [6.07, 6.45) is 0. The third-order valence-corrected chi connectivity index (χ3v) is 4.55. The Kier molecular flexibility index (Phi) is 6.89. The maximum Gasteiger partial charge on any atom is 0.255 e. The van der Waals surface area contributed by atoms with Gasteiger partial charge in [-0.15, -0.1) is 0 Å². The molecule has 0 aliphatic rings. The number of nitrogens with one attached hydrogen (secondary N) is 2. The molecule has 3 rings (SSSR count). The zero-order valence-corrected chi connectivity index (χ0v) is 17.2. The maximum atomic E-state index is 13.3. The molecule has 7 nitrogen and oxygen atoms in total. The summed E-state index contributed by atoms with van der Waals surface area (Å²) in [4.78, 5) is 24.7. The largest absolute Gasteiger partial charge is 0.507 e. The fraction of sp³-hybridized carbons (Fsp3) is 0.130. The Bertz CT molecular complexity index is 1150. The van der Waals surface area contributed by atoms with Crippen LogP contribution in [0.1, 0.15) is 26.3 Å². The Labute approximate surface area is 182 Å². The second-order valence-electron chi connectivity index (χ2n) is 6.70. The third-order valence-electron chi connectivity index (χ3n) is 4.55. The molecule has 0 radical (unpaired) electrons. The standard InChI is InChI=1S/C23H20F2N2O5/c1-31-18-4-6-21(32-2)14(9-18)12-26-23(30)19-5-3-17(11-20(19)28)27-22(29)13-7-15(24)10-16(25)8-13/h3-11,28H,12H2,1-2H3,(H,26,30)(H,27,29). The van der Waals surface area contributed by atoms with Gasteiger partial charge in [-0.1, -0.05) is 0 Å². The molecule has 0 aliphatic heterocycles. The zero-order valence-electron chi connectivity index (χ0n) is 17.2. The number of carbonyl (C=O) groups excluding carboxylic acids is 2. The molecule has 0 atom stereocenters. The predicted octanol–water partition coefficient (Wildman–Crippen LogP) is 3.87. The number of carbonyl (C=O) groups is 2. The lowest BCUT2D eigenvalue weighted by molar-refractivity contribution is 0.0947. The molecule has 0 saturated carbocycles. The van der Waals surface area contributed by atoms with Gasteiger partial charge in [0, 0.05) is 35.5 Å². The van der Waals surface area contributed by atoms with E-state index in [0.717, 1.165) is 18.2 Å². The molecule has 32 heavy (non-hydrogen) atoms. The molecule has 0 bridgehead atoms. The van der Waals surface area contributed by atoms with Crippen molar-refractivity contribution in [1.82, 2.24) is 5.32 Å².